The zero-order valence-corrected chi connectivity index (χ0v) is 12.4. The fourth-order valence-corrected chi connectivity index (χ4v) is 2.84. The van der Waals surface area contributed by atoms with Crippen LogP contribution in [0.5, 0.6) is 0 Å². The molecule has 1 fully saturated rings. The van der Waals surface area contributed by atoms with E-state index in [2.05, 4.69) is 10.3 Å². The second-order valence-corrected chi connectivity index (χ2v) is 5.78. The third-order valence-corrected chi connectivity index (χ3v) is 4.20. The average Bonchev–Trinajstić information content (AvgIpc) is 3.06. The summed E-state index contributed by atoms with van der Waals surface area (Å²) in [6.07, 6.45) is 5.11. The number of oxazole rings is 1. The van der Waals surface area contributed by atoms with Gasteiger partial charge in [0.15, 0.2) is 5.69 Å². The summed E-state index contributed by atoms with van der Waals surface area (Å²) in [6, 6.07) is 9.67. The first-order chi connectivity index (χ1) is 10.8. The molecule has 0 atom stereocenters. The van der Waals surface area contributed by atoms with Gasteiger partial charge in [0.2, 0.25) is 5.89 Å². The summed E-state index contributed by atoms with van der Waals surface area (Å²) in [5, 5.41) is 12.1. The van der Waals surface area contributed by atoms with E-state index in [1.54, 1.807) is 0 Å². The van der Waals surface area contributed by atoms with Gasteiger partial charge in [-0.15, -0.1) is 0 Å². The highest BCUT2D eigenvalue weighted by molar-refractivity contribution is 5.92. The van der Waals surface area contributed by atoms with Crippen molar-refractivity contribution in [2.45, 2.75) is 31.7 Å². The SMILES string of the molecule is O=C(NC1CCC(CO)CC1)c1coc(-c2ccccc2)n1. The number of hydrogen-bond acceptors (Lipinski definition) is 4. The lowest BCUT2D eigenvalue weighted by Gasteiger charge is -2.27. The molecular formula is C17H20N2O3. The largest absolute Gasteiger partial charge is 0.444 e. The Morgan fingerprint density at radius 3 is 2.64 bits per heavy atom. The fraction of sp³-hybridized carbons (Fsp3) is 0.412. The maximum atomic E-state index is 12.2. The minimum Gasteiger partial charge on any atom is -0.444 e. The normalized spacial score (nSPS) is 21.5. The minimum atomic E-state index is -0.196. The molecule has 1 amide bonds. The van der Waals surface area contributed by atoms with E-state index in [-0.39, 0.29) is 18.6 Å². The summed E-state index contributed by atoms with van der Waals surface area (Å²) >= 11 is 0. The number of amides is 1. The van der Waals surface area contributed by atoms with E-state index in [9.17, 15) is 4.79 Å². The standard InChI is InChI=1S/C17H20N2O3/c20-10-12-6-8-14(9-7-12)18-16(21)15-11-22-17(19-15)13-4-2-1-3-5-13/h1-5,11-12,14,20H,6-10H2,(H,18,21). The lowest BCUT2D eigenvalue weighted by atomic mass is 9.86. The molecule has 0 aliphatic heterocycles. The maximum Gasteiger partial charge on any atom is 0.273 e. The summed E-state index contributed by atoms with van der Waals surface area (Å²) in [5.74, 6) is 0.637. The van der Waals surface area contributed by atoms with Crippen LogP contribution in [0.2, 0.25) is 0 Å². The average molecular weight is 300 g/mol. The number of aromatic nitrogens is 1. The van der Waals surface area contributed by atoms with Gasteiger partial charge in [0, 0.05) is 18.2 Å². The molecule has 5 nitrogen and oxygen atoms in total. The van der Waals surface area contributed by atoms with Crippen molar-refractivity contribution in [1.82, 2.24) is 10.3 Å². The van der Waals surface area contributed by atoms with Gasteiger partial charge in [-0.2, -0.15) is 0 Å². The Morgan fingerprint density at radius 2 is 1.95 bits per heavy atom. The van der Waals surface area contributed by atoms with Crippen molar-refractivity contribution in [3.05, 3.63) is 42.3 Å². The molecule has 22 heavy (non-hydrogen) atoms. The van der Waals surface area contributed by atoms with Crippen LogP contribution in [0, 0.1) is 5.92 Å². The summed E-state index contributed by atoms with van der Waals surface area (Å²) in [7, 11) is 0. The molecule has 5 heteroatoms. The predicted molar refractivity (Wildman–Crippen MR) is 82.2 cm³/mol. The van der Waals surface area contributed by atoms with Crippen LogP contribution in [0.1, 0.15) is 36.2 Å². The Labute approximate surface area is 129 Å². The van der Waals surface area contributed by atoms with Crippen molar-refractivity contribution in [3.8, 4) is 11.5 Å². The van der Waals surface area contributed by atoms with E-state index < -0.39 is 0 Å². The van der Waals surface area contributed by atoms with Gasteiger partial charge in [-0.05, 0) is 43.7 Å². The zero-order valence-electron chi connectivity index (χ0n) is 12.4. The maximum absolute atomic E-state index is 12.2. The van der Waals surface area contributed by atoms with Crippen LogP contribution in [-0.4, -0.2) is 28.6 Å². The van der Waals surface area contributed by atoms with Crippen molar-refractivity contribution in [2.24, 2.45) is 5.92 Å². The first-order valence-corrected chi connectivity index (χ1v) is 7.69. The molecule has 1 saturated carbocycles. The smallest absolute Gasteiger partial charge is 0.273 e. The Bertz CT molecular complexity index is 616. The van der Waals surface area contributed by atoms with E-state index in [1.165, 1.54) is 6.26 Å². The molecule has 0 saturated heterocycles. The number of nitrogens with one attached hydrogen (secondary N) is 1. The number of carbonyl (C=O) groups is 1. The molecule has 3 rings (SSSR count). The Balaban J connectivity index is 1.60. The highest BCUT2D eigenvalue weighted by Crippen LogP contribution is 2.24. The van der Waals surface area contributed by atoms with Gasteiger partial charge >= 0.3 is 0 Å². The quantitative estimate of drug-likeness (QED) is 0.910. The van der Waals surface area contributed by atoms with Crippen molar-refractivity contribution in [1.29, 1.82) is 0 Å². The lowest BCUT2D eigenvalue weighted by Crippen LogP contribution is -2.38. The predicted octanol–water partition coefficient (Wildman–Crippen LogP) is 2.62. The first-order valence-electron chi connectivity index (χ1n) is 7.69. The molecule has 0 radical (unpaired) electrons. The van der Waals surface area contributed by atoms with Crippen LogP contribution in [0.15, 0.2) is 41.0 Å². The van der Waals surface area contributed by atoms with E-state index in [0.717, 1.165) is 31.2 Å². The van der Waals surface area contributed by atoms with E-state index in [4.69, 9.17) is 9.52 Å². The van der Waals surface area contributed by atoms with Crippen molar-refractivity contribution in [2.75, 3.05) is 6.61 Å². The monoisotopic (exact) mass is 300 g/mol. The molecule has 116 valence electrons. The third kappa shape index (κ3) is 3.36. The van der Waals surface area contributed by atoms with Gasteiger partial charge in [-0.3, -0.25) is 4.79 Å². The second-order valence-electron chi connectivity index (χ2n) is 5.78. The van der Waals surface area contributed by atoms with Gasteiger partial charge in [-0.1, -0.05) is 18.2 Å². The summed E-state index contributed by atoms with van der Waals surface area (Å²) in [4.78, 5) is 16.5. The van der Waals surface area contributed by atoms with E-state index >= 15 is 0 Å². The van der Waals surface area contributed by atoms with E-state index in [0.29, 0.717) is 17.5 Å². The number of hydrogen-bond donors (Lipinski definition) is 2. The molecule has 0 spiro atoms. The van der Waals surface area contributed by atoms with Crippen LogP contribution < -0.4 is 5.32 Å². The highest BCUT2D eigenvalue weighted by atomic mass is 16.3. The first kappa shape index (κ1) is 14.8. The van der Waals surface area contributed by atoms with Crippen LogP contribution >= 0.6 is 0 Å². The number of nitrogens with zero attached hydrogens (tertiary/aromatic N) is 1. The summed E-state index contributed by atoms with van der Waals surface area (Å²) < 4.78 is 5.39. The number of aliphatic hydroxyl groups is 1. The Hall–Kier alpha value is -2.14. The summed E-state index contributed by atoms with van der Waals surface area (Å²) in [6.45, 7) is 0.240. The number of rotatable bonds is 4. The van der Waals surface area contributed by atoms with E-state index in [1.807, 2.05) is 30.3 Å². The Kier molecular flexibility index (Phi) is 4.53. The fourth-order valence-electron chi connectivity index (χ4n) is 2.84. The van der Waals surface area contributed by atoms with Gasteiger partial charge in [0.25, 0.3) is 5.91 Å². The molecule has 1 heterocycles. The van der Waals surface area contributed by atoms with Crippen LogP contribution in [0.3, 0.4) is 0 Å². The molecule has 0 unspecified atom stereocenters. The lowest BCUT2D eigenvalue weighted by molar-refractivity contribution is 0.0909. The van der Waals surface area contributed by atoms with Gasteiger partial charge in [0.05, 0.1) is 0 Å². The molecular weight excluding hydrogens is 280 g/mol. The minimum absolute atomic E-state index is 0.159. The van der Waals surface area contributed by atoms with Gasteiger partial charge < -0.3 is 14.8 Å². The molecule has 2 N–H and O–H groups in total. The molecule has 0 bridgehead atoms. The summed E-state index contributed by atoms with van der Waals surface area (Å²) in [5.41, 5.74) is 1.16. The second kappa shape index (κ2) is 6.75. The van der Waals surface area contributed by atoms with Gasteiger partial charge in [-0.25, -0.2) is 4.98 Å². The topological polar surface area (TPSA) is 75.4 Å². The number of aliphatic hydroxyl groups excluding tert-OH is 1. The molecule has 1 aromatic heterocycles. The number of benzene rings is 1. The van der Waals surface area contributed by atoms with Crippen molar-refractivity contribution >= 4 is 5.91 Å². The van der Waals surface area contributed by atoms with Gasteiger partial charge in [0.1, 0.15) is 6.26 Å². The Morgan fingerprint density at radius 1 is 1.23 bits per heavy atom. The van der Waals surface area contributed by atoms with Crippen molar-refractivity contribution in [3.63, 3.8) is 0 Å². The number of carbonyl (C=O) groups excluding carboxylic acids is 1. The van der Waals surface area contributed by atoms with Crippen molar-refractivity contribution < 1.29 is 14.3 Å². The van der Waals surface area contributed by atoms with Crippen LogP contribution in [0.25, 0.3) is 11.5 Å². The third-order valence-electron chi connectivity index (χ3n) is 4.20. The molecule has 1 aromatic carbocycles. The molecule has 1 aliphatic rings. The van der Waals surface area contributed by atoms with Crippen LogP contribution in [0.4, 0.5) is 0 Å². The van der Waals surface area contributed by atoms with Crippen LogP contribution in [-0.2, 0) is 0 Å². The molecule has 2 aromatic rings. The molecule has 1 aliphatic carbocycles. The zero-order chi connectivity index (χ0) is 15.4. The highest BCUT2D eigenvalue weighted by Gasteiger charge is 2.23.